The molecule has 0 aliphatic heterocycles. The Morgan fingerprint density at radius 3 is 2.35 bits per heavy atom. The van der Waals surface area contributed by atoms with Gasteiger partial charge in [-0.1, -0.05) is 23.8 Å². The number of aromatic nitrogens is 3. The molecule has 0 fully saturated rings. The molecule has 2 N–H and O–H groups in total. The van der Waals surface area contributed by atoms with Crippen molar-refractivity contribution in [1.29, 1.82) is 0 Å². The summed E-state index contributed by atoms with van der Waals surface area (Å²) in [7, 11) is -3.92. The van der Waals surface area contributed by atoms with Crippen LogP contribution in [-0.2, 0) is 15.6 Å². The van der Waals surface area contributed by atoms with Crippen LogP contribution in [0.3, 0.4) is 0 Å². The topological polar surface area (TPSA) is 90.9 Å². The predicted molar refractivity (Wildman–Crippen MR) is 76.6 cm³/mol. The van der Waals surface area contributed by atoms with Gasteiger partial charge in [0.2, 0.25) is 0 Å². The van der Waals surface area contributed by atoms with E-state index in [-0.39, 0.29) is 5.16 Å². The minimum absolute atomic E-state index is 0.221. The Hall–Kier alpha value is -1.73. The SMILES string of the molecule is Cc1cccc(-c2nnc(S(N)(=O)=O)n2C(C)(C)C)c1. The number of hydrogen-bond acceptors (Lipinski definition) is 4. The number of aryl methyl sites for hydroxylation is 1. The van der Waals surface area contributed by atoms with Crippen molar-refractivity contribution in [3.05, 3.63) is 29.8 Å². The molecule has 0 saturated heterocycles. The fourth-order valence-electron chi connectivity index (χ4n) is 2.03. The van der Waals surface area contributed by atoms with E-state index < -0.39 is 15.6 Å². The zero-order chi connectivity index (χ0) is 15.1. The van der Waals surface area contributed by atoms with E-state index in [2.05, 4.69) is 10.2 Å². The maximum absolute atomic E-state index is 11.7. The van der Waals surface area contributed by atoms with E-state index in [1.807, 2.05) is 52.0 Å². The number of hydrogen-bond donors (Lipinski definition) is 1. The molecule has 0 radical (unpaired) electrons. The quantitative estimate of drug-likeness (QED) is 0.911. The van der Waals surface area contributed by atoms with Crippen LogP contribution in [0.1, 0.15) is 26.3 Å². The van der Waals surface area contributed by atoms with Crippen LogP contribution in [0.4, 0.5) is 0 Å². The lowest BCUT2D eigenvalue weighted by Gasteiger charge is -2.24. The van der Waals surface area contributed by atoms with Crippen molar-refractivity contribution in [3.63, 3.8) is 0 Å². The summed E-state index contributed by atoms with van der Waals surface area (Å²) >= 11 is 0. The second kappa shape index (κ2) is 4.68. The molecule has 0 aliphatic carbocycles. The van der Waals surface area contributed by atoms with Crippen LogP contribution < -0.4 is 5.14 Å². The Balaban J connectivity index is 2.76. The second-order valence-corrected chi connectivity index (χ2v) is 7.18. The number of sulfonamides is 1. The Morgan fingerprint density at radius 1 is 1.20 bits per heavy atom. The van der Waals surface area contributed by atoms with Gasteiger partial charge in [-0.2, -0.15) is 0 Å². The third-order valence-corrected chi connectivity index (χ3v) is 3.61. The van der Waals surface area contributed by atoms with E-state index in [1.54, 1.807) is 4.57 Å². The second-order valence-electron chi connectivity index (χ2n) is 5.73. The van der Waals surface area contributed by atoms with Gasteiger partial charge in [0, 0.05) is 11.1 Å². The fraction of sp³-hybridized carbons (Fsp3) is 0.385. The standard InChI is InChI=1S/C13H18N4O2S/c1-9-6-5-7-10(8-9)11-15-16-12(20(14,18)19)17(11)13(2,3)4/h5-8H,1-4H3,(H2,14,18,19). The van der Waals surface area contributed by atoms with Crippen LogP contribution in [0, 0.1) is 6.92 Å². The van der Waals surface area contributed by atoms with Gasteiger partial charge in [-0.3, -0.25) is 4.57 Å². The van der Waals surface area contributed by atoms with Crippen molar-refractivity contribution in [2.75, 3.05) is 0 Å². The van der Waals surface area contributed by atoms with E-state index in [1.165, 1.54) is 0 Å². The molecule has 1 aromatic heterocycles. The highest BCUT2D eigenvalue weighted by Gasteiger charge is 2.29. The molecule has 0 aliphatic rings. The first-order chi connectivity index (χ1) is 9.10. The lowest BCUT2D eigenvalue weighted by atomic mass is 10.1. The molecular weight excluding hydrogens is 276 g/mol. The molecule has 0 saturated carbocycles. The first kappa shape index (κ1) is 14.7. The molecule has 108 valence electrons. The third kappa shape index (κ3) is 2.73. The number of primary sulfonamides is 1. The minimum atomic E-state index is -3.92. The van der Waals surface area contributed by atoms with Crippen LogP contribution >= 0.6 is 0 Å². The normalized spacial score (nSPS) is 12.7. The Kier molecular flexibility index (Phi) is 3.43. The zero-order valence-corrected chi connectivity index (χ0v) is 12.8. The van der Waals surface area contributed by atoms with Crippen molar-refractivity contribution in [2.24, 2.45) is 5.14 Å². The van der Waals surface area contributed by atoms with Gasteiger partial charge in [0.25, 0.3) is 15.2 Å². The molecule has 20 heavy (non-hydrogen) atoms. The molecular formula is C13H18N4O2S. The third-order valence-electron chi connectivity index (χ3n) is 2.83. The molecule has 0 atom stereocenters. The van der Waals surface area contributed by atoms with Crippen LogP contribution in [-0.4, -0.2) is 23.2 Å². The number of nitrogens with zero attached hydrogens (tertiary/aromatic N) is 3. The van der Waals surface area contributed by atoms with Crippen molar-refractivity contribution < 1.29 is 8.42 Å². The maximum atomic E-state index is 11.7. The smallest absolute Gasteiger partial charge is 0.273 e. The van der Waals surface area contributed by atoms with Crippen molar-refractivity contribution in [1.82, 2.24) is 14.8 Å². The van der Waals surface area contributed by atoms with Crippen molar-refractivity contribution in [2.45, 2.75) is 38.4 Å². The summed E-state index contributed by atoms with van der Waals surface area (Å²) in [5, 5.41) is 12.8. The van der Waals surface area contributed by atoms with Gasteiger partial charge in [0.1, 0.15) is 0 Å². The average molecular weight is 294 g/mol. The molecule has 7 heteroatoms. The van der Waals surface area contributed by atoms with E-state index in [0.717, 1.165) is 11.1 Å². The highest BCUT2D eigenvalue weighted by Crippen LogP contribution is 2.27. The molecule has 6 nitrogen and oxygen atoms in total. The Labute approximate surface area is 118 Å². The highest BCUT2D eigenvalue weighted by atomic mass is 32.2. The first-order valence-electron chi connectivity index (χ1n) is 6.16. The number of nitrogens with two attached hydrogens (primary N) is 1. The Morgan fingerprint density at radius 2 is 1.85 bits per heavy atom. The molecule has 1 aromatic carbocycles. The van der Waals surface area contributed by atoms with E-state index in [4.69, 9.17) is 5.14 Å². The molecule has 0 bridgehead atoms. The average Bonchev–Trinajstić information content (AvgIpc) is 2.72. The first-order valence-corrected chi connectivity index (χ1v) is 7.71. The van der Waals surface area contributed by atoms with E-state index in [9.17, 15) is 8.42 Å². The Bertz CT molecular complexity index is 742. The number of benzene rings is 1. The van der Waals surface area contributed by atoms with Gasteiger partial charge < -0.3 is 0 Å². The van der Waals surface area contributed by atoms with Crippen molar-refractivity contribution in [3.8, 4) is 11.4 Å². The van der Waals surface area contributed by atoms with Crippen LogP contribution in [0.5, 0.6) is 0 Å². The fourth-order valence-corrected chi connectivity index (χ4v) is 2.80. The molecule has 0 amide bonds. The molecule has 2 aromatic rings. The molecule has 2 rings (SSSR count). The highest BCUT2D eigenvalue weighted by molar-refractivity contribution is 7.89. The van der Waals surface area contributed by atoms with Crippen LogP contribution in [0.15, 0.2) is 29.4 Å². The summed E-state index contributed by atoms with van der Waals surface area (Å²) in [6.45, 7) is 7.60. The lowest BCUT2D eigenvalue weighted by molar-refractivity contribution is 0.366. The monoisotopic (exact) mass is 294 g/mol. The summed E-state index contributed by atoms with van der Waals surface area (Å²) in [5.74, 6) is 0.491. The maximum Gasteiger partial charge on any atom is 0.273 e. The van der Waals surface area contributed by atoms with E-state index in [0.29, 0.717) is 5.82 Å². The summed E-state index contributed by atoms with van der Waals surface area (Å²) in [5.41, 5.74) is 1.36. The zero-order valence-electron chi connectivity index (χ0n) is 12.0. The molecule has 0 unspecified atom stereocenters. The van der Waals surface area contributed by atoms with Crippen LogP contribution in [0.2, 0.25) is 0 Å². The van der Waals surface area contributed by atoms with Gasteiger partial charge in [-0.25, -0.2) is 13.6 Å². The van der Waals surface area contributed by atoms with Gasteiger partial charge in [-0.15, -0.1) is 10.2 Å². The van der Waals surface area contributed by atoms with Gasteiger partial charge in [-0.05, 0) is 33.8 Å². The van der Waals surface area contributed by atoms with Gasteiger partial charge in [0.15, 0.2) is 5.82 Å². The minimum Gasteiger partial charge on any atom is -0.291 e. The van der Waals surface area contributed by atoms with Gasteiger partial charge >= 0.3 is 0 Å². The predicted octanol–water partition coefficient (Wildman–Crippen LogP) is 1.66. The molecule has 0 spiro atoms. The summed E-state index contributed by atoms with van der Waals surface area (Å²) in [6.07, 6.45) is 0. The largest absolute Gasteiger partial charge is 0.291 e. The number of rotatable bonds is 2. The van der Waals surface area contributed by atoms with Crippen LogP contribution in [0.25, 0.3) is 11.4 Å². The van der Waals surface area contributed by atoms with Gasteiger partial charge in [0.05, 0.1) is 0 Å². The summed E-state index contributed by atoms with van der Waals surface area (Å²) in [4.78, 5) is 0. The van der Waals surface area contributed by atoms with E-state index >= 15 is 0 Å². The lowest BCUT2D eigenvalue weighted by Crippen LogP contribution is -2.29. The summed E-state index contributed by atoms with van der Waals surface area (Å²) in [6, 6.07) is 7.65. The molecule has 1 heterocycles. The summed E-state index contributed by atoms with van der Waals surface area (Å²) < 4.78 is 24.9. The van der Waals surface area contributed by atoms with Crippen molar-refractivity contribution >= 4 is 10.0 Å².